The smallest absolute Gasteiger partial charge is 0.354 e. The summed E-state index contributed by atoms with van der Waals surface area (Å²) in [5.41, 5.74) is 7.49. The third kappa shape index (κ3) is 3.93. The molecular formula is C17H19N5O3. The molecule has 1 aromatic carbocycles. The van der Waals surface area contributed by atoms with E-state index in [1.54, 1.807) is 16.9 Å². The highest BCUT2D eigenvalue weighted by Crippen LogP contribution is 2.26. The molecule has 0 fully saturated rings. The van der Waals surface area contributed by atoms with E-state index in [4.69, 9.17) is 15.6 Å². The molecule has 0 aliphatic heterocycles. The fraction of sp³-hybridized carbons (Fsp3) is 0.235. The summed E-state index contributed by atoms with van der Waals surface area (Å²) in [4.78, 5) is 15.3. The Morgan fingerprint density at radius 3 is 3.00 bits per heavy atom. The van der Waals surface area contributed by atoms with Crippen molar-refractivity contribution in [2.24, 2.45) is 5.73 Å². The highest BCUT2D eigenvalue weighted by atomic mass is 16.5. The quantitative estimate of drug-likeness (QED) is 0.524. The van der Waals surface area contributed by atoms with Crippen LogP contribution in [0.2, 0.25) is 0 Å². The van der Waals surface area contributed by atoms with E-state index in [0.717, 1.165) is 23.4 Å². The second-order valence-electron chi connectivity index (χ2n) is 5.36. The summed E-state index contributed by atoms with van der Waals surface area (Å²) >= 11 is 0. The molecule has 130 valence electrons. The van der Waals surface area contributed by atoms with Crippen LogP contribution < -0.4 is 15.8 Å². The number of hydrogen-bond donors (Lipinski definition) is 3. The van der Waals surface area contributed by atoms with Crippen molar-refractivity contribution in [1.29, 1.82) is 0 Å². The van der Waals surface area contributed by atoms with Gasteiger partial charge in [-0.1, -0.05) is 12.1 Å². The molecule has 0 aliphatic rings. The molecule has 25 heavy (non-hydrogen) atoms. The standard InChI is InChI=1S/C17H19N5O3/c18-5-6-19-7-9-25-13-3-1-2-12(10-13)14-11-20-22-8-4-15(17(23)24)21-16(14)22/h1-4,8,10-11,19H,5-7,9,18H2,(H,23,24). The van der Waals surface area contributed by atoms with Gasteiger partial charge in [-0.15, -0.1) is 0 Å². The maximum atomic E-state index is 11.1. The molecule has 0 amide bonds. The highest BCUT2D eigenvalue weighted by Gasteiger charge is 2.12. The van der Waals surface area contributed by atoms with Crippen molar-refractivity contribution in [3.8, 4) is 16.9 Å². The zero-order valence-corrected chi connectivity index (χ0v) is 13.6. The van der Waals surface area contributed by atoms with Crippen molar-refractivity contribution < 1.29 is 14.6 Å². The predicted molar refractivity (Wildman–Crippen MR) is 92.8 cm³/mol. The van der Waals surface area contributed by atoms with Gasteiger partial charge in [0.1, 0.15) is 12.4 Å². The molecule has 0 atom stereocenters. The Kier molecular flexibility index (Phi) is 5.22. The first kappa shape index (κ1) is 16.9. The van der Waals surface area contributed by atoms with E-state index in [0.29, 0.717) is 25.3 Å². The second-order valence-corrected chi connectivity index (χ2v) is 5.36. The van der Waals surface area contributed by atoms with E-state index in [2.05, 4.69) is 15.4 Å². The Bertz CT molecular complexity index is 878. The first-order valence-corrected chi connectivity index (χ1v) is 7.91. The number of nitrogens with two attached hydrogens (primary N) is 1. The molecule has 8 heteroatoms. The summed E-state index contributed by atoms with van der Waals surface area (Å²) in [6.45, 7) is 2.58. The Morgan fingerprint density at radius 2 is 2.20 bits per heavy atom. The van der Waals surface area contributed by atoms with Gasteiger partial charge in [-0.05, 0) is 23.8 Å². The highest BCUT2D eigenvalue weighted by molar-refractivity contribution is 5.87. The van der Waals surface area contributed by atoms with Crippen LogP contribution in [0.25, 0.3) is 16.8 Å². The summed E-state index contributed by atoms with van der Waals surface area (Å²) < 4.78 is 7.27. The molecule has 3 aromatic rings. The van der Waals surface area contributed by atoms with Crippen LogP contribution in [0.5, 0.6) is 5.75 Å². The predicted octanol–water partition coefficient (Wildman–Crippen LogP) is 1.02. The number of hydrogen-bond acceptors (Lipinski definition) is 6. The van der Waals surface area contributed by atoms with Crippen molar-refractivity contribution in [3.05, 3.63) is 48.4 Å². The van der Waals surface area contributed by atoms with Crippen LogP contribution >= 0.6 is 0 Å². The summed E-state index contributed by atoms with van der Waals surface area (Å²) in [7, 11) is 0. The summed E-state index contributed by atoms with van der Waals surface area (Å²) in [5.74, 6) is -0.350. The van der Waals surface area contributed by atoms with Crippen molar-refractivity contribution in [2.45, 2.75) is 0 Å². The second kappa shape index (κ2) is 7.73. The van der Waals surface area contributed by atoms with E-state index in [9.17, 15) is 4.79 Å². The summed E-state index contributed by atoms with van der Waals surface area (Å²) in [6.07, 6.45) is 3.24. The molecule has 0 saturated heterocycles. The number of carboxylic acids is 1. The number of nitrogens with one attached hydrogen (secondary N) is 1. The number of aromatic nitrogens is 3. The normalized spacial score (nSPS) is 10.9. The molecule has 8 nitrogen and oxygen atoms in total. The van der Waals surface area contributed by atoms with E-state index in [-0.39, 0.29) is 5.69 Å². The zero-order valence-electron chi connectivity index (χ0n) is 13.6. The number of carboxylic acid groups (broad SMARTS) is 1. The number of aromatic carboxylic acids is 1. The van der Waals surface area contributed by atoms with Gasteiger partial charge in [0.2, 0.25) is 0 Å². The fourth-order valence-corrected chi connectivity index (χ4v) is 2.41. The number of carbonyl (C=O) groups is 1. The van der Waals surface area contributed by atoms with Gasteiger partial charge in [0, 0.05) is 31.4 Å². The van der Waals surface area contributed by atoms with Crippen molar-refractivity contribution in [1.82, 2.24) is 19.9 Å². The van der Waals surface area contributed by atoms with Gasteiger partial charge in [-0.2, -0.15) is 5.10 Å². The Labute approximate surface area is 144 Å². The van der Waals surface area contributed by atoms with Crippen LogP contribution in [0, 0.1) is 0 Å². The SMILES string of the molecule is NCCNCCOc1cccc(-c2cnn3ccc(C(=O)O)nc23)c1. The molecule has 0 spiro atoms. The molecule has 0 aliphatic carbocycles. The number of ether oxygens (including phenoxy) is 1. The molecule has 0 bridgehead atoms. The van der Waals surface area contributed by atoms with Crippen LogP contribution in [0.15, 0.2) is 42.7 Å². The minimum atomic E-state index is -1.07. The summed E-state index contributed by atoms with van der Waals surface area (Å²) in [5, 5.41) is 16.5. The number of benzene rings is 1. The van der Waals surface area contributed by atoms with Gasteiger partial charge in [0.05, 0.1) is 6.20 Å². The van der Waals surface area contributed by atoms with E-state index in [1.165, 1.54) is 6.07 Å². The molecule has 0 saturated carbocycles. The van der Waals surface area contributed by atoms with Gasteiger partial charge in [-0.25, -0.2) is 14.3 Å². The van der Waals surface area contributed by atoms with Gasteiger partial charge in [0.15, 0.2) is 11.3 Å². The largest absolute Gasteiger partial charge is 0.492 e. The van der Waals surface area contributed by atoms with Crippen LogP contribution in [0.3, 0.4) is 0 Å². The first-order chi connectivity index (χ1) is 12.2. The average Bonchev–Trinajstić information content (AvgIpc) is 3.05. The maximum Gasteiger partial charge on any atom is 0.354 e. The molecule has 0 unspecified atom stereocenters. The average molecular weight is 341 g/mol. The first-order valence-electron chi connectivity index (χ1n) is 7.91. The van der Waals surface area contributed by atoms with Crippen LogP contribution in [-0.2, 0) is 0 Å². The monoisotopic (exact) mass is 341 g/mol. The minimum Gasteiger partial charge on any atom is -0.492 e. The topological polar surface area (TPSA) is 115 Å². The van der Waals surface area contributed by atoms with E-state index >= 15 is 0 Å². The molecule has 3 rings (SSSR count). The Morgan fingerprint density at radius 1 is 1.32 bits per heavy atom. The lowest BCUT2D eigenvalue weighted by molar-refractivity contribution is 0.0690. The molecular weight excluding hydrogens is 322 g/mol. The van der Waals surface area contributed by atoms with Crippen LogP contribution in [0.1, 0.15) is 10.5 Å². The van der Waals surface area contributed by atoms with Gasteiger partial charge >= 0.3 is 5.97 Å². The zero-order chi connectivity index (χ0) is 17.6. The molecule has 4 N–H and O–H groups in total. The van der Waals surface area contributed by atoms with E-state index < -0.39 is 5.97 Å². The molecule has 0 radical (unpaired) electrons. The lowest BCUT2D eigenvalue weighted by Crippen LogP contribution is -2.26. The number of nitrogens with zero attached hydrogens (tertiary/aromatic N) is 3. The van der Waals surface area contributed by atoms with Crippen molar-refractivity contribution in [2.75, 3.05) is 26.2 Å². The van der Waals surface area contributed by atoms with Gasteiger partial charge in [0.25, 0.3) is 0 Å². The lowest BCUT2D eigenvalue weighted by Gasteiger charge is -2.08. The third-order valence-corrected chi connectivity index (χ3v) is 3.60. The van der Waals surface area contributed by atoms with Gasteiger partial charge in [-0.3, -0.25) is 0 Å². The molecule has 2 heterocycles. The fourth-order valence-electron chi connectivity index (χ4n) is 2.41. The lowest BCUT2D eigenvalue weighted by atomic mass is 10.1. The van der Waals surface area contributed by atoms with E-state index in [1.807, 2.05) is 24.3 Å². The number of fused-ring (bicyclic) bond motifs is 1. The Hall–Kier alpha value is -2.97. The Balaban J connectivity index is 1.82. The van der Waals surface area contributed by atoms with Crippen molar-refractivity contribution in [3.63, 3.8) is 0 Å². The maximum absolute atomic E-state index is 11.1. The van der Waals surface area contributed by atoms with Crippen LogP contribution in [-0.4, -0.2) is 51.9 Å². The van der Waals surface area contributed by atoms with Gasteiger partial charge < -0.3 is 20.9 Å². The number of rotatable bonds is 8. The third-order valence-electron chi connectivity index (χ3n) is 3.60. The minimum absolute atomic E-state index is 0.0207. The van der Waals surface area contributed by atoms with Crippen molar-refractivity contribution >= 4 is 11.6 Å². The summed E-state index contributed by atoms with van der Waals surface area (Å²) in [6, 6.07) is 8.96. The molecule has 2 aromatic heterocycles. The van der Waals surface area contributed by atoms with Crippen LogP contribution in [0.4, 0.5) is 0 Å².